The maximum atomic E-state index is 10.3. The van der Waals surface area contributed by atoms with Gasteiger partial charge in [-0.1, -0.05) is 0 Å². The molecule has 0 heterocycles. The molecule has 0 N–H and O–H groups in total. The molecule has 0 aromatic heterocycles. The maximum absolute atomic E-state index is 10.3. The molecule has 0 aromatic carbocycles. The summed E-state index contributed by atoms with van der Waals surface area (Å²) < 4.78 is 3.90. The summed E-state index contributed by atoms with van der Waals surface area (Å²) in [7, 11) is 0. The van der Waals surface area contributed by atoms with Gasteiger partial charge < -0.3 is 4.74 Å². The van der Waals surface area contributed by atoms with Gasteiger partial charge in [-0.25, -0.2) is 4.79 Å². The van der Waals surface area contributed by atoms with Crippen molar-refractivity contribution in [3.05, 3.63) is 0 Å². The molecule has 0 unspecified atom stereocenters. The van der Waals surface area contributed by atoms with Crippen molar-refractivity contribution >= 4 is 29.3 Å². The molecular formula is C5H5ClO4. The molecule has 0 bridgehead atoms. The third-order valence-corrected chi connectivity index (χ3v) is 0.821. The molecule has 0 saturated heterocycles. The van der Waals surface area contributed by atoms with Gasteiger partial charge in [0.15, 0.2) is 0 Å². The summed E-state index contributed by atoms with van der Waals surface area (Å²) >= 11 is 4.96. The van der Waals surface area contributed by atoms with Crippen LogP contribution in [0.4, 0.5) is 0 Å². The third-order valence-electron chi connectivity index (χ3n) is 0.603. The predicted octanol–water partition coefficient (Wildman–Crippen LogP) is -0.116. The van der Waals surface area contributed by atoms with Crippen LogP contribution in [0.2, 0.25) is 0 Å². The van der Waals surface area contributed by atoms with E-state index in [0.29, 0.717) is 0 Å². The lowest BCUT2D eigenvalue weighted by molar-refractivity contribution is -0.162. The van der Waals surface area contributed by atoms with Crippen LogP contribution in [0.15, 0.2) is 0 Å². The number of carbonyl (C=O) groups excluding carboxylic acids is 3. The molecule has 0 aliphatic rings. The number of alkyl halides is 1. The second-order valence-electron chi connectivity index (χ2n) is 1.45. The van der Waals surface area contributed by atoms with Crippen LogP contribution in [0.25, 0.3) is 0 Å². The molecule has 0 atom stereocenters. The molecular weight excluding hydrogens is 160 g/mol. The highest BCUT2D eigenvalue weighted by atomic mass is 35.5. The highest BCUT2D eigenvalue weighted by Crippen LogP contribution is 1.85. The molecule has 5 heteroatoms. The molecule has 0 fully saturated rings. The Labute approximate surface area is 62.1 Å². The standard InChI is InChI=1S/C5H5ClO4/c1-3(7)5(9)10-4(8)2-6/h2H2,1H3. The molecule has 0 aromatic rings. The van der Waals surface area contributed by atoms with Crippen molar-refractivity contribution in [2.24, 2.45) is 0 Å². The first-order valence-electron chi connectivity index (χ1n) is 2.39. The topological polar surface area (TPSA) is 60.4 Å². The zero-order valence-corrected chi connectivity index (χ0v) is 5.97. The summed E-state index contributed by atoms with van der Waals surface area (Å²) in [5.41, 5.74) is 0. The third kappa shape index (κ3) is 3.19. The summed E-state index contributed by atoms with van der Waals surface area (Å²) in [6.07, 6.45) is 0. The van der Waals surface area contributed by atoms with Gasteiger partial charge in [0, 0.05) is 6.92 Å². The lowest BCUT2D eigenvalue weighted by atomic mass is 10.5. The van der Waals surface area contributed by atoms with Crippen LogP contribution in [0.5, 0.6) is 0 Å². The number of ketones is 1. The average molecular weight is 165 g/mol. The lowest BCUT2D eigenvalue weighted by Crippen LogP contribution is -2.19. The van der Waals surface area contributed by atoms with Crippen LogP contribution in [0.3, 0.4) is 0 Å². The zero-order valence-electron chi connectivity index (χ0n) is 5.22. The summed E-state index contributed by atoms with van der Waals surface area (Å²) in [6, 6.07) is 0. The first-order valence-corrected chi connectivity index (χ1v) is 2.93. The minimum atomic E-state index is -1.18. The van der Waals surface area contributed by atoms with E-state index in [-0.39, 0.29) is 0 Å². The molecule has 0 radical (unpaired) electrons. The van der Waals surface area contributed by atoms with Crippen LogP contribution in [-0.2, 0) is 19.1 Å². The Morgan fingerprint density at radius 3 is 2.20 bits per heavy atom. The molecule has 0 amide bonds. The van der Waals surface area contributed by atoms with Gasteiger partial charge in [-0.3, -0.25) is 9.59 Å². The van der Waals surface area contributed by atoms with E-state index in [1.807, 2.05) is 0 Å². The number of halogens is 1. The summed E-state index contributed by atoms with van der Waals surface area (Å²) in [5, 5.41) is 0. The molecule has 10 heavy (non-hydrogen) atoms. The first kappa shape index (κ1) is 9.10. The summed E-state index contributed by atoms with van der Waals surface area (Å²) in [6.45, 7) is 1.00. The second kappa shape index (κ2) is 4.00. The van der Waals surface area contributed by atoms with Gasteiger partial charge in [-0.2, -0.15) is 0 Å². The number of esters is 2. The van der Waals surface area contributed by atoms with E-state index in [4.69, 9.17) is 11.6 Å². The van der Waals surface area contributed by atoms with Gasteiger partial charge in [0.1, 0.15) is 5.88 Å². The van der Waals surface area contributed by atoms with Crippen molar-refractivity contribution in [2.75, 3.05) is 5.88 Å². The Bertz CT molecular complexity index is 174. The van der Waals surface area contributed by atoms with Gasteiger partial charge in [-0.15, -0.1) is 11.6 Å². The van der Waals surface area contributed by atoms with Crippen LogP contribution in [-0.4, -0.2) is 23.6 Å². The van der Waals surface area contributed by atoms with E-state index in [1.54, 1.807) is 0 Å². The largest absolute Gasteiger partial charge is 0.386 e. The maximum Gasteiger partial charge on any atom is 0.381 e. The normalized spacial score (nSPS) is 8.60. The fourth-order valence-electron chi connectivity index (χ4n) is 0.203. The highest BCUT2D eigenvalue weighted by Gasteiger charge is 2.12. The average Bonchev–Trinajstić information content (AvgIpc) is 1.87. The van der Waals surface area contributed by atoms with Crippen LogP contribution < -0.4 is 0 Å². The fraction of sp³-hybridized carbons (Fsp3) is 0.400. The fourth-order valence-corrected chi connectivity index (χ4v) is 0.257. The van der Waals surface area contributed by atoms with E-state index in [1.165, 1.54) is 0 Å². The smallest absolute Gasteiger partial charge is 0.381 e. The van der Waals surface area contributed by atoms with Gasteiger partial charge in [0.05, 0.1) is 0 Å². The van der Waals surface area contributed by atoms with Crippen molar-refractivity contribution < 1.29 is 19.1 Å². The number of hydrogen-bond acceptors (Lipinski definition) is 4. The van der Waals surface area contributed by atoms with Crippen molar-refractivity contribution in [3.8, 4) is 0 Å². The Hall–Kier alpha value is -0.900. The quantitative estimate of drug-likeness (QED) is 0.247. The van der Waals surface area contributed by atoms with Gasteiger partial charge in [-0.05, 0) is 0 Å². The number of carbonyl (C=O) groups is 3. The molecule has 0 aliphatic heterocycles. The van der Waals surface area contributed by atoms with E-state index >= 15 is 0 Å². The Balaban J connectivity index is 3.80. The first-order chi connectivity index (χ1) is 4.57. The minimum absolute atomic E-state index is 0.432. The number of rotatable bonds is 2. The van der Waals surface area contributed by atoms with Crippen LogP contribution in [0, 0.1) is 0 Å². The molecule has 0 aliphatic carbocycles. The monoisotopic (exact) mass is 164 g/mol. The Morgan fingerprint density at radius 2 is 1.90 bits per heavy atom. The lowest BCUT2D eigenvalue weighted by Gasteiger charge is -1.93. The van der Waals surface area contributed by atoms with Crippen molar-refractivity contribution in [2.45, 2.75) is 6.92 Å². The van der Waals surface area contributed by atoms with Gasteiger partial charge in [0.25, 0.3) is 0 Å². The Morgan fingerprint density at radius 1 is 1.40 bits per heavy atom. The van der Waals surface area contributed by atoms with E-state index in [0.717, 1.165) is 6.92 Å². The molecule has 4 nitrogen and oxygen atoms in total. The Kier molecular flexibility index (Phi) is 3.64. The van der Waals surface area contributed by atoms with Crippen molar-refractivity contribution in [1.29, 1.82) is 0 Å². The van der Waals surface area contributed by atoms with E-state index in [2.05, 4.69) is 4.74 Å². The number of ether oxygens (including phenoxy) is 1. The summed E-state index contributed by atoms with van der Waals surface area (Å²) in [5.74, 6) is -3.34. The van der Waals surface area contributed by atoms with Crippen molar-refractivity contribution in [3.63, 3.8) is 0 Å². The summed E-state index contributed by atoms with van der Waals surface area (Å²) in [4.78, 5) is 30.6. The predicted molar refractivity (Wildman–Crippen MR) is 32.5 cm³/mol. The second-order valence-corrected chi connectivity index (χ2v) is 1.72. The van der Waals surface area contributed by atoms with E-state index < -0.39 is 23.6 Å². The van der Waals surface area contributed by atoms with Crippen molar-refractivity contribution in [1.82, 2.24) is 0 Å². The minimum Gasteiger partial charge on any atom is -0.386 e. The van der Waals surface area contributed by atoms with Crippen LogP contribution >= 0.6 is 11.6 Å². The number of Topliss-reactive ketones (excluding diaryl/α,β-unsaturated/α-hetero) is 1. The zero-order chi connectivity index (χ0) is 8.15. The van der Waals surface area contributed by atoms with Gasteiger partial charge >= 0.3 is 11.9 Å². The molecule has 56 valence electrons. The van der Waals surface area contributed by atoms with Gasteiger partial charge in [0.2, 0.25) is 5.78 Å². The van der Waals surface area contributed by atoms with Crippen LogP contribution in [0.1, 0.15) is 6.92 Å². The molecule has 0 saturated carbocycles. The highest BCUT2D eigenvalue weighted by molar-refractivity contribution is 6.35. The SMILES string of the molecule is CC(=O)C(=O)OC(=O)CCl. The molecule has 0 spiro atoms. The van der Waals surface area contributed by atoms with E-state index in [9.17, 15) is 14.4 Å². The molecule has 0 rings (SSSR count). The number of hydrogen-bond donors (Lipinski definition) is 0.